The van der Waals surface area contributed by atoms with Gasteiger partial charge in [-0.25, -0.2) is 0 Å². The van der Waals surface area contributed by atoms with Crippen molar-refractivity contribution in [2.75, 3.05) is 39.4 Å². The van der Waals surface area contributed by atoms with Crippen LogP contribution in [-0.4, -0.2) is 66.1 Å². The number of ether oxygens (including phenoxy) is 1. The van der Waals surface area contributed by atoms with Crippen LogP contribution in [0.2, 0.25) is 0 Å². The van der Waals surface area contributed by atoms with Gasteiger partial charge >= 0.3 is 0 Å². The average Bonchev–Trinajstić information content (AvgIpc) is 3.37. The zero-order valence-electron chi connectivity index (χ0n) is 16.0. The number of quaternary nitrogens is 1. The Bertz CT molecular complexity index is 888. The number of amides is 1. The fourth-order valence-electron chi connectivity index (χ4n) is 3.93. The third-order valence-corrected chi connectivity index (χ3v) is 5.44. The van der Waals surface area contributed by atoms with Crippen molar-refractivity contribution in [1.29, 1.82) is 0 Å². The van der Waals surface area contributed by atoms with E-state index in [2.05, 4.69) is 4.98 Å². The van der Waals surface area contributed by atoms with E-state index in [1.165, 1.54) is 28.5 Å². The fourth-order valence-corrected chi connectivity index (χ4v) is 3.93. The van der Waals surface area contributed by atoms with E-state index in [0.29, 0.717) is 17.9 Å². The molecule has 4 heterocycles. The van der Waals surface area contributed by atoms with Crippen molar-refractivity contribution in [3.63, 3.8) is 0 Å². The molecule has 8 nitrogen and oxygen atoms in total. The quantitative estimate of drug-likeness (QED) is 0.415. The van der Waals surface area contributed by atoms with Crippen LogP contribution in [0.25, 0.3) is 5.76 Å². The van der Waals surface area contributed by atoms with Crippen molar-refractivity contribution in [3.05, 3.63) is 59.8 Å². The summed E-state index contributed by atoms with van der Waals surface area (Å²) in [5.74, 6) is -1.06. The largest absolute Gasteiger partial charge is 0.507 e. The zero-order valence-corrected chi connectivity index (χ0v) is 16.0. The minimum Gasteiger partial charge on any atom is -0.507 e. The van der Waals surface area contributed by atoms with Gasteiger partial charge in [0, 0.05) is 30.9 Å². The summed E-state index contributed by atoms with van der Waals surface area (Å²) in [6.07, 6.45) is 5.30. The maximum atomic E-state index is 12.8. The van der Waals surface area contributed by atoms with Crippen LogP contribution in [0.4, 0.5) is 0 Å². The lowest BCUT2D eigenvalue weighted by Gasteiger charge is -2.26. The summed E-state index contributed by atoms with van der Waals surface area (Å²) in [5.41, 5.74) is 0.488. The van der Waals surface area contributed by atoms with Crippen LogP contribution in [0.5, 0.6) is 0 Å². The van der Waals surface area contributed by atoms with Gasteiger partial charge in [-0.15, -0.1) is 0 Å². The number of carbonyl (C=O) groups excluding carboxylic acids is 2. The summed E-state index contributed by atoms with van der Waals surface area (Å²) in [6, 6.07) is 5.89. The number of aliphatic hydroxyl groups excluding tert-OH is 1. The number of nitrogens with one attached hydrogen (secondary N) is 1. The van der Waals surface area contributed by atoms with Crippen LogP contribution in [-0.2, 0) is 14.3 Å². The molecule has 0 saturated carbocycles. The molecule has 0 aliphatic carbocycles. The topological polar surface area (TPSA) is 97.3 Å². The van der Waals surface area contributed by atoms with Gasteiger partial charge in [0.25, 0.3) is 11.7 Å². The smallest absolute Gasteiger partial charge is 0.295 e. The zero-order chi connectivity index (χ0) is 20.2. The predicted molar refractivity (Wildman–Crippen MR) is 103 cm³/mol. The number of rotatable bonds is 6. The van der Waals surface area contributed by atoms with Crippen LogP contribution < -0.4 is 4.90 Å². The first kappa shape index (κ1) is 19.4. The lowest BCUT2D eigenvalue weighted by Crippen LogP contribution is -3.14. The lowest BCUT2D eigenvalue weighted by molar-refractivity contribution is -0.908. The van der Waals surface area contributed by atoms with Crippen LogP contribution >= 0.6 is 0 Å². The van der Waals surface area contributed by atoms with Gasteiger partial charge in [0.2, 0.25) is 0 Å². The molecule has 1 amide bonds. The molecule has 0 bridgehead atoms. The highest BCUT2D eigenvalue weighted by Gasteiger charge is 2.47. The van der Waals surface area contributed by atoms with Crippen LogP contribution in [0.3, 0.4) is 0 Å². The first-order chi connectivity index (χ1) is 14.2. The van der Waals surface area contributed by atoms with E-state index in [-0.39, 0.29) is 11.3 Å². The Balaban J connectivity index is 1.60. The highest BCUT2D eigenvalue weighted by atomic mass is 16.5. The highest BCUT2D eigenvalue weighted by molar-refractivity contribution is 6.46. The molecule has 1 atom stereocenters. The molecular weight excluding hydrogens is 374 g/mol. The monoisotopic (exact) mass is 398 g/mol. The van der Waals surface area contributed by atoms with E-state index in [1.807, 2.05) is 0 Å². The first-order valence-electron chi connectivity index (χ1n) is 9.80. The van der Waals surface area contributed by atoms with Crippen LogP contribution in [0.1, 0.15) is 23.8 Å². The van der Waals surface area contributed by atoms with E-state index in [4.69, 9.17) is 9.15 Å². The number of aliphatic hydroxyl groups is 1. The third kappa shape index (κ3) is 3.94. The summed E-state index contributed by atoms with van der Waals surface area (Å²) in [7, 11) is 0. The predicted octanol–water partition coefficient (Wildman–Crippen LogP) is 0.402. The average molecular weight is 398 g/mol. The Morgan fingerprint density at radius 1 is 1.21 bits per heavy atom. The summed E-state index contributed by atoms with van der Waals surface area (Å²) >= 11 is 0. The summed E-state index contributed by atoms with van der Waals surface area (Å²) in [6.45, 7) is 4.69. The number of nitrogens with zero attached hydrogens (tertiary/aromatic N) is 2. The Morgan fingerprint density at radius 2 is 1.97 bits per heavy atom. The Morgan fingerprint density at radius 3 is 2.66 bits per heavy atom. The van der Waals surface area contributed by atoms with Crippen molar-refractivity contribution < 1.29 is 28.7 Å². The molecule has 2 saturated heterocycles. The molecular formula is C21H24N3O5+. The van der Waals surface area contributed by atoms with Crippen LogP contribution in [0.15, 0.2) is 52.9 Å². The van der Waals surface area contributed by atoms with Gasteiger partial charge in [-0.3, -0.25) is 14.6 Å². The number of hydrogen-bond acceptors (Lipinski definition) is 6. The molecule has 2 aromatic rings. The van der Waals surface area contributed by atoms with Gasteiger partial charge in [0.15, 0.2) is 0 Å². The second-order valence-electron chi connectivity index (χ2n) is 7.21. The number of furan rings is 1. The number of carbonyl (C=O) groups is 2. The number of hydrogen-bond donors (Lipinski definition) is 2. The maximum Gasteiger partial charge on any atom is 0.295 e. The van der Waals surface area contributed by atoms with Gasteiger partial charge in [-0.2, -0.15) is 0 Å². The minimum atomic E-state index is -0.738. The molecule has 8 heteroatoms. The van der Waals surface area contributed by atoms with Crippen molar-refractivity contribution >= 4 is 17.4 Å². The molecule has 0 aromatic carbocycles. The molecule has 29 heavy (non-hydrogen) atoms. The van der Waals surface area contributed by atoms with Gasteiger partial charge in [0.1, 0.15) is 30.7 Å². The summed E-state index contributed by atoms with van der Waals surface area (Å²) in [4.78, 5) is 32.5. The standard InChI is InChI=1S/C21H23N3O5/c25-19(15-4-6-22-7-5-15)17-18(16-3-1-12-29-16)24(21(27)20(17)26)9-2-8-23-10-13-28-14-11-23/h1,3-7,12,18,25H,2,8-11,13-14H2/p+1/t18-/m1/s1. The van der Waals surface area contributed by atoms with Crippen LogP contribution in [0, 0.1) is 0 Å². The van der Waals surface area contributed by atoms with Gasteiger partial charge in [-0.05, 0) is 24.3 Å². The SMILES string of the molecule is O=C1C(=O)N(CCC[NH+]2CCOCC2)[C@H](c2ccco2)C1=C(O)c1ccncc1. The number of ketones is 1. The van der Waals surface area contributed by atoms with Gasteiger partial charge < -0.3 is 24.1 Å². The fraction of sp³-hybridized carbons (Fsp3) is 0.381. The number of morpholine rings is 1. The number of pyridine rings is 1. The van der Waals surface area contributed by atoms with Crippen molar-refractivity contribution in [2.24, 2.45) is 0 Å². The third-order valence-electron chi connectivity index (χ3n) is 5.44. The van der Waals surface area contributed by atoms with E-state index >= 15 is 0 Å². The van der Waals surface area contributed by atoms with E-state index in [1.54, 1.807) is 24.3 Å². The molecule has 0 spiro atoms. The number of Topliss-reactive ketones (excluding diaryl/α,β-unsaturated/α-hetero) is 1. The summed E-state index contributed by atoms with van der Waals surface area (Å²) < 4.78 is 10.9. The molecule has 2 fully saturated rings. The lowest BCUT2D eigenvalue weighted by atomic mass is 10.00. The van der Waals surface area contributed by atoms with Crippen molar-refractivity contribution in [1.82, 2.24) is 9.88 Å². The first-order valence-corrected chi connectivity index (χ1v) is 9.80. The second-order valence-corrected chi connectivity index (χ2v) is 7.21. The van der Waals surface area contributed by atoms with E-state index in [0.717, 1.165) is 39.3 Å². The molecule has 0 unspecified atom stereocenters. The summed E-state index contributed by atoms with van der Waals surface area (Å²) in [5, 5.41) is 10.8. The molecule has 2 aliphatic rings. The molecule has 2 aromatic heterocycles. The number of likely N-dealkylation sites (tertiary alicyclic amines) is 1. The Labute approximate surface area is 168 Å². The van der Waals surface area contributed by atoms with E-state index < -0.39 is 17.7 Å². The molecule has 4 rings (SSSR count). The van der Waals surface area contributed by atoms with E-state index in [9.17, 15) is 14.7 Å². The van der Waals surface area contributed by atoms with Crippen molar-refractivity contribution in [3.8, 4) is 0 Å². The Hall–Kier alpha value is -2.97. The molecule has 2 N–H and O–H groups in total. The van der Waals surface area contributed by atoms with Gasteiger partial charge in [-0.1, -0.05) is 0 Å². The minimum absolute atomic E-state index is 0.0508. The molecule has 0 radical (unpaired) electrons. The molecule has 2 aliphatic heterocycles. The molecule has 152 valence electrons. The maximum absolute atomic E-state index is 12.8. The second kappa shape index (κ2) is 8.59. The van der Waals surface area contributed by atoms with Gasteiger partial charge in [0.05, 0.1) is 31.6 Å². The normalized spacial score (nSPS) is 22.3. The number of aromatic nitrogens is 1. The van der Waals surface area contributed by atoms with Crippen molar-refractivity contribution in [2.45, 2.75) is 12.5 Å². The highest BCUT2D eigenvalue weighted by Crippen LogP contribution is 2.39. The Kier molecular flexibility index (Phi) is 5.73.